The van der Waals surface area contributed by atoms with Crippen LogP contribution in [0.1, 0.15) is 39.5 Å². The molecule has 16 heavy (non-hydrogen) atoms. The number of carbonyl (C=O) groups excluding carboxylic acids is 1. The summed E-state index contributed by atoms with van der Waals surface area (Å²) in [6.07, 6.45) is 3.71. The van der Waals surface area contributed by atoms with Gasteiger partial charge >= 0.3 is 0 Å². The summed E-state index contributed by atoms with van der Waals surface area (Å²) in [6.45, 7) is 5.74. The monoisotopic (exact) mass is 228 g/mol. The molecule has 1 aliphatic heterocycles. The normalized spacial score (nSPS) is 21.1. The van der Waals surface area contributed by atoms with E-state index in [-0.39, 0.29) is 17.5 Å². The Bertz CT molecular complexity index is 241. The fourth-order valence-corrected chi connectivity index (χ4v) is 2.29. The van der Waals surface area contributed by atoms with Crippen LogP contribution in [0.2, 0.25) is 0 Å². The molecule has 0 aliphatic carbocycles. The lowest BCUT2D eigenvalue weighted by Crippen LogP contribution is -2.50. The Kier molecular flexibility index (Phi) is 4.74. The zero-order valence-electron chi connectivity index (χ0n) is 10.7. The molecule has 4 heteroatoms. The Morgan fingerprint density at radius 1 is 1.56 bits per heavy atom. The maximum atomic E-state index is 12.1. The minimum atomic E-state index is -0.368. The number of carbonyl (C=O) groups is 1. The van der Waals surface area contributed by atoms with E-state index in [0.29, 0.717) is 13.0 Å². The molecule has 4 nitrogen and oxygen atoms in total. The van der Waals surface area contributed by atoms with E-state index in [1.807, 2.05) is 4.90 Å². The van der Waals surface area contributed by atoms with Gasteiger partial charge in [-0.2, -0.15) is 0 Å². The molecule has 1 amide bonds. The summed E-state index contributed by atoms with van der Waals surface area (Å²) in [7, 11) is 1.66. The highest BCUT2D eigenvalue weighted by molar-refractivity contribution is 5.82. The first kappa shape index (κ1) is 13.5. The summed E-state index contributed by atoms with van der Waals surface area (Å²) >= 11 is 0. The summed E-state index contributed by atoms with van der Waals surface area (Å²) in [4.78, 5) is 14.1. The van der Waals surface area contributed by atoms with E-state index in [0.717, 1.165) is 25.8 Å². The average molecular weight is 228 g/mol. The Balaban J connectivity index is 2.44. The molecule has 1 saturated heterocycles. The van der Waals surface area contributed by atoms with E-state index >= 15 is 0 Å². The highest BCUT2D eigenvalue weighted by Crippen LogP contribution is 2.28. The Morgan fingerprint density at radius 3 is 2.75 bits per heavy atom. The first-order valence-electron chi connectivity index (χ1n) is 6.05. The number of amides is 1. The minimum Gasteiger partial charge on any atom is -0.385 e. The Hall–Kier alpha value is -0.610. The van der Waals surface area contributed by atoms with Gasteiger partial charge in [0.1, 0.15) is 0 Å². The summed E-state index contributed by atoms with van der Waals surface area (Å²) in [5, 5.41) is 0. The Morgan fingerprint density at radius 2 is 2.25 bits per heavy atom. The quantitative estimate of drug-likeness (QED) is 0.718. The van der Waals surface area contributed by atoms with Gasteiger partial charge in [0.05, 0.1) is 6.04 Å². The molecule has 0 spiro atoms. The van der Waals surface area contributed by atoms with Crippen molar-refractivity contribution in [3.8, 4) is 0 Å². The van der Waals surface area contributed by atoms with Gasteiger partial charge in [-0.3, -0.25) is 4.79 Å². The van der Waals surface area contributed by atoms with Crippen molar-refractivity contribution in [2.75, 3.05) is 20.3 Å². The topological polar surface area (TPSA) is 55.6 Å². The van der Waals surface area contributed by atoms with Gasteiger partial charge in [0.25, 0.3) is 0 Å². The van der Waals surface area contributed by atoms with Gasteiger partial charge in [-0.25, -0.2) is 0 Å². The van der Waals surface area contributed by atoms with E-state index in [4.69, 9.17) is 10.5 Å². The van der Waals surface area contributed by atoms with Crippen molar-refractivity contribution in [1.29, 1.82) is 0 Å². The van der Waals surface area contributed by atoms with Crippen molar-refractivity contribution in [2.45, 2.75) is 51.1 Å². The van der Waals surface area contributed by atoms with Crippen LogP contribution >= 0.6 is 0 Å². The zero-order valence-corrected chi connectivity index (χ0v) is 10.7. The van der Waals surface area contributed by atoms with Crippen molar-refractivity contribution in [2.24, 2.45) is 5.73 Å². The lowest BCUT2D eigenvalue weighted by Gasteiger charge is -2.33. The standard InChI is InChI=1S/C12H24N2O2/c1-12(2)7-5-8-14(12)11(15)10(13)6-4-9-16-3/h10H,4-9,13H2,1-3H3. The molecule has 1 unspecified atom stereocenters. The first-order valence-corrected chi connectivity index (χ1v) is 6.05. The van der Waals surface area contributed by atoms with Gasteiger partial charge < -0.3 is 15.4 Å². The molecular formula is C12H24N2O2. The van der Waals surface area contributed by atoms with Crippen molar-refractivity contribution in [1.82, 2.24) is 4.90 Å². The highest BCUT2D eigenvalue weighted by Gasteiger charge is 2.36. The van der Waals surface area contributed by atoms with Gasteiger partial charge in [0.15, 0.2) is 0 Å². The lowest BCUT2D eigenvalue weighted by atomic mass is 10.0. The maximum absolute atomic E-state index is 12.1. The van der Waals surface area contributed by atoms with Gasteiger partial charge in [0.2, 0.25) is 5.91 Å². The van der Waals surface area contributed by atoms with Crippen molar-refractivity contribution in [3.05, 3.63) is 0 Å². The molecule has 0 bridgehead atoms. The molecule has 0 radical (unpaired) electrons. The highest BCUT2D eigenvalue weighted by atomic mass is 16.5. The van der Waals surface area contributed by atoms with Gasteiger partial charge in [-0.05, 0) is 39.5 Å². The van der Waals surface area contributed by atoms with Crippen molar-refractivity contribution in [3.63, 3.8) is 0 Å². The largest absolute Gasteiger partial charge is 0.385 e. The number of methoxy groups -OCH3 is 1. The molecule has 1 aliphatic rings. The molecule has 0 aromatic rings. The van der Waals surface area contributed by atoms with Crippen LogP contribution in [0.5, 0.6) is 0 Å². The maximum Gasteiger partial charge on any atom is 0.239 e. The second-order valence-electron chi connectivity index (χ2n) is 5.15. The van der Waals surface area contributed by atoms with Crippen molar-refractivity contribution < 1.29 is 9.53 Å². The summed E-state index contributed by atoms with van der Waals surface area (Å²) in [6, 6.07) is -0.368. The molecule has 94 valence electrons. The van der Waals surface area contributed by atoms with Crippen LogP contribution in [0, 0.1) is 0 Å². The second kappa shape index (κ2) is 5.64. The molecular weight excluding hydrogens is 204 g/mol. The molecule has 0 aromatic carbocycles. The van der Waals surface area contributed by atoms with Crippen LogP contribution in [-0.2, 0) is 9.53 Å². The Labute approximate surface area is 98.1 Å². The molecule has 2 N–H and O–H groups in total. The van der Waals surface area contributed by atoms with Crippen LogP contribution in [0.3, 0.4) is 0 Å². The summed E-state index contributed by atoms with van der Waals surface area (Å²) in [5.41, 5.74) is 5.89. The SMILES string of the molecule is COCCCC(N)C(=O)N1CCCC1(C)C. The van der Waals surface area contributed by atoms with E-state index < -0.39 is 0 Å². The molecule has 0 aromatic heterocycles. The van der Waals surface area contributed by atoms with E-state index in [1.54, 1.807) is 7.11 Å². The summed E-state index contributed by atoms with van der Waals surface area (Å²) in [5.74, 6) is 0.0959. The number of ether oxygens (including phenoxy) is 1. The van der Waals surface area contributed by atoms with Crippen LogP contribution in [0.15, 0.2) is 0 Å². The first-order chi connectivity index (χ1) is 7.49. The van der Waals surface area contributed by atoms with Gasteiger partial charge in [0, 0.05) is 25.8 Å². The number of hydrogen-bond donors (Lipinski definition) is 1. The number of nitrogens with two attached hydrogens (primary N) is 1. The van der Waals surface area contributed by atoms with Crippen LogP contribution < -0.4 is 5.73 Å². The van der Waals surface area contributed by atoms with Crippen LogP contribution in [0.25, 0.3) is 0 Å². The molecule has 1 heterocycles. The van der Waals surface area contributed by atoms with Crippen LogP contribution in [0.4, 0.5) is 0 Å². The smallest absolute Gasteiger partial charge is 0.239 e. The second-order valence-corrected chi connectivity index (χ2v) is 5.15. The average Bonchev–Trinajstić information content (AvgIpc) is 2.57. The van der Waals surface area contributed by atoms with Gasteiger partial charge in [-0.1, -0.05) is 0 Å². The van der Waals surface area contributed by atoms with E-state index in [2.05, 4.69) is 13.8 Å². The third-order valence-electron chi connectivity index (χ3n) is 3.35. The molecule has 1 fully saturated rings. The molecule has 1 rings (SSSR count). The third-order valence-corrected chi connectivity index (χ3v) is 3.35. The van der Waals surface area contributed by atoms with Gasteiger partial charge in [-0.15, -0.1) is 0 Å². The molecule has 0 saturated carbocycles. The van der Waals surface area contributed by atoms with Crippen LogP contribution in [-0.4, -0.2) is 42.6 Å². The van der Waals surface area contributed by atoms with E-state index in [9.17, 15) is 4.79 Å². The fraction of sp³-hybridized carbons (Fsp3) is 0.917. The number of rotatable bonds is 5. The summed E-state index contributed by atoms with van der Waals surface area (Å²) < 4.78 is 4.96. The fourth-order valence-electron chi connectivity index (χ4n) is 2.29. The minimum absolute atomic E-state index is 0.0179. The number of likely N-dealkylation sites (tertiary alicyclic amines) is 1. The number of hydrogen-bond acceptors (Lipinski definition) is 3. The predicted molar refractivity (Wildman–Crippen MR) is 64.1 cm³/mol. The molecule has 1 atom stereocenters. The van der Waals surface area contributed by atoms with E-state index in [1.165, 1.54) is 0 Å². The zero-order chi connectivity index (χ0) is 12.2. The third kappa shape index (κ3) is 3.19. The number of nitrogens with zero attached hydrogens (tertiary/aromatic N) is 1. The van der Waals surface area contributed by atoms with Crippen molar-refractivity contribution >= 4 is 5.91 Å². The lowest BCUT2D eigenvalue weighted by molar-refractivity contribution is -0.135. The predicted octanol–water partition coefficient (Wildman–Crippen LogP) is 1.14.